The first-order valence-corrected chi connectivity index (χ1v) is 8.33. The highest BCUT2D eigenvalue weighted by Gasteiger charge is 2.33. The third kappa shape index (κ3) is 3.50. The molecule has 2 aromatic rings. The van der Waals surface area contributed by atoms with Gasteiger partial charge < -0.3 is 10.1 Å². The SMILES string of the molecule is CCOC(=O)CCC1Nc2ccccc2C1c1ccc(Cl)cc1. The normalized spacial score (nSPS) is 19.0. The number of hydrogen-bond donors (Lipinski definition) is 1. The van der Waals surface area contributed by atoms with Crippen molar-refractivity contribution >= 4 is 23.3 Å². The first kappa shape index (κ1) is 15.9. The summed E-state index contributed by atoms with van der Waals surface area (Å²) < 4.78 is 5.05. The number of carbonyl (C=O) groups is 1. The molecule has 0 fully saturated rings. The highest BCUT2D eigenvalue weighted by atomic mass is 35.5. The van der Waals surface area contributed by atoms with Crippen molar-refractivity contribution in [3.8, 4) is 0 Å². The van der Waals surface area contributed by atoms with E-state index in [2.05, 4.69) is 35.6 Å². The number of nitrogens with one attached hydrogen (secondary N) is 1. The summed E-state index contributed by atoms with van der Waals surface area (Å²) in [6.45, 7) is 2.26. The van der Waals surface area contributed by atoms with Gasteiger partial charge in [-0.25, -0.2) is 0 Å². The summed E-state index contributed by atoms with van der Waals surface area (Å²) in [5.41, 5.74) is 3.62. The first-order valence-electron chi connectivity index (χ1n) is 7.95. The van der Waals surface area contributed by atoms with Gasteiger partial charge in [0.1, 0.15) is 0 Å². The summed E-state index contributed by atoms with van der Waals surface area (Å²) in [5, 5.41) is 4.29. The van der Waals surface area contributed by atoms with E-state index >= 15 is 0 Å². The number of anilines is 1. The van der Waals surface area contributed by atoms with Crippen molar-refractivity contribution in [1.82, 2.24) is 0 Å². The molecule has 0 aliphatic carbocycles. The second-order valence-electron chi connectivity index (χ2n) is 5.71. The number of carbonyl (C=O) groups excluding carboxylic acids is 1. The van der Waals surface area contributed by atoms with E-state index in [9.17, 15) is 4.79 Å². The van der Waals surface area contributed by atoms with Gasteiger partial charge in [-0.1, -0.05) is 41.9 Å². The van der Waals surface area contributed by atoms with Crippen LogP contribution in [0.3, 0.4) is 0 Å². The van der Waals surface area contributed by atoms with Crippen LogP contribution < -0.4 is 5.32 Å². The molecule has 0 saturated heterocycles. The van der Waals surface area contributed by atoms with Gasteiger partial charge in [0.25, 0.3) is 0 Å². The quantitative estimate of drug-likeness (QED) is 0.814. The predicted octanol–water partition coefficient (Wildman–Crippen LogP) is 4.61. The summed E-state index contributed by atoms with van der Waals surface area (Å²) in [5.74, 6) is 0.0815. The van der Waals surface area contributed by atoms with Gasteiger partial charge in [0, 0.05) is 29.1 Å². The average Bonchev–Trinajstić information content (AvgIpc) is 2.92. The molecule has 1 aliphatic rings. The van der Waals surface area contributed by atoms with Crippen LogP contribution in [-0.4, -0.2) is 18.6 Å². The van der Waals surface area contributed by atoms with Crippen molar-refractivity contribution in [3.05, 3.63) is 64.7 Å². The minimum absolute atomic E-state index is 0.139. The van der Waals surface area contributed by atoms with Crippen LogP contribution in [-0.2, 0) is 9.53 Å². The van der Waals surface area contributed by atoms with Gasteiger partial charge in [0.2, 0.25) is 0 Å². The first-order chi connectivity index (χ1) is 11.2. The van der Waals surface area contributed by atoms with Crippen molar-refractivity contribution in [2.75, 3.05) is 11.9 Å². The van der Waals surface area contributed by atoms with Crippen LogP contribution in [0.2, 0.25) is 5.02 Å². The Morgan fingerprint density at radius 2 is 1.91 bits per heavy atom. The topological polar surface area (TPSA) is 38.3 Å². The van der Waals surface area contributed by atoms with Gasteiger partial charge in [-0.15, -0.1) is 0 Å². The van der Waals surface area contributed by atoms with Crippen LogP contribution in [0.25, 0.3) is 0 Å². The van der Waals surface area contributed by atoms with Crippen molar-refractivity contribution in [2.24, 2.45) is 0 Å². The second kappa shape index (κ2) is 7.05. The zero-order valence-corrected chi connectivity index (χ0v) is 13.8. The molecule has 0 spiro atoms. The van der Waals surface area contributed by atoms with Gasteiger partial charge in [-0.3, -0.25) is 4.79 Å². The number of ether oxygens (including phenoxy) is 1. The standard InChI is InChI=1S/C19H20ClNO2/c1-2-23-18(22)12-11-17-19(13-7-9-14(20)10-8-13)15-5-3-4-6-16(15)21-17/h3-10,17,19,21H,2,11-12H2,1H3. The maximum atomic E-state index is 11.7. The number of benzene rings is 2. The largest absolute Gasteiger partial charge is 0.466 e. The maximum Gasteiger partial charge on any atom is 0.305 e. The van der Waals surface area contributed by atoms with E-state index in [-0.39, 0.29) is 17.9 Å². The van der Waals surface area contributed by atoms with E-state index in [0.29, 0.717) is 13.0 Å². The molecule has 2 atom stereocenters. The fourth-order valence-electron chi connectivity index (χ4n) is 3.23. The van der Waals surface area contributed by atoms with Crippen molar-refractivity contribution in [1.29, 1.82) is 0 Å². The molecule has 1 N–H and O–H groups in total. The molecule has 0 bridgehead atoms. The third-order valence-corrected chi connectivity index (χ3v) is 4.49. The molecule has 120 valence electrons. The van der Waals surface area contributed by atoms with Gasteiger partial charge in [0.05, 0.1) is 6.61 Å². The molecule has 2 aromatic carbocycles. The van der Waals surface area contributed by atoms with Crippen molar-refractivity contribution in [2.45, 2.75) is 31.7 Å². The Bertz CT molecular complexity index is 684. The van der Waals surface area contributed by atoms with Crippen LogP contribution >= 0.6 is 11.6 Å². The third-order valence-electron chi connectivity index (χ3n) is 4.23. The summed E-state index contributed by atoms with van der Waals surface area (Å²) in [6, 6.07) is 16.4. The highest BCUT2D eigenvalue weighted by molar-refractivity contribution is 6.30. The molecule has 4 heteroatoms. The van der Waals surface area contributed by atoms with E-state index in [1.807, 2.05) is 25.1 Å². The van der Waals surface area contributed by atoms with E-state index in [4.69, 9.17) is 16.3 Å². The van der Waals surface area contributed by atoms with Crippen LogP contribution in [0.4, 0.5) is 5.69 Å². The molecule has 1 heterocycles. The van der Waals surface area contributed by atoms with Crippen LogP contribution in [0.1, 0.15) is 36.8 Å². The van der Waals surface area contributed by atoms with Gasteiger partial charge >= 0.3 is 5.97 Å². The number of para-hydroxylation sites is 1. The second-order valence-corrected chi connectivity index (χ2v) is 6.15. The van der Waals surface area contributed by atoms with Crippen LogP contribution in [0.15, 0.2) is 48.5 Å². The smallest absolute Gasteiger partial charge is 0.305 e. The zero-order chi connectivity index (χ0) is 16.2. The Morgan fingerprint density at radius 1 is 1.17 bits per heavy atom. The van der Waals surface area contributed by atoms with E-state index < -0.39 is 0 Å². The molecule has 0 amide bonds. The van der Waals surface area contributed by atoms with Gasteiger partial charge in [-0.05, 0) is 42.7 Å². The lowest BCUT2D eigenvalue weighted by Crippen LogP contribution is -2.23. The highest BCUT2D eigenvalue weighted by Crippen LogP contribution is 2.42. The number of esters is 1. The Hall–Kier alpha value is -2.00. The molecule has 3 nitrogen and oxygen atoms in total. The lowest BCUT2D eigenvalue weighted by molar-refractivity contribution is -0.143. The van der Waals surface area contributed by atoms with Crippen molar-refractivity contribution in [3.63, 3.8) is 0 Å². The summed E-state index contributed by atoms with van der Waals surface area (Å²) in [7, 11) is 0. The predicted molar refractivity (Wildman–Crippen MR) is 93.0 cm³/mol. The van der Waals surface area contributed by atoms with Crippen LogP contribution in [0, 0.1) is 0 Å². The average molecular weight is 330 g/mol. The number of fused-ring (bicyclic) bond motifs is 1. The molecule has 2 unspecified atom stereocenters. The molecule has 0 saturated carbocycles. The Morgan fingerprint density at radius 3 is 2.65 bits per heavy atom. The summed E-state index contributed by atoms with van der Waals surface area (Å²) >= 11 is 6.02. The fraction of sp³-hybridized carbons (Fsp3) is 0.316. The molecule has 0 radical (unpaired) electrons. The minimum Gasteiger partial charge on any atom is -0.466 e. The molecular weight excluding hydrogens is 310 g/mol. The number of hydrogen-bond acceptors (Lipinski definition) is 3. The van der Waals surface area contributed by atoms with E-state index in [0.717, 1.165) is 17.1 Å². The molecule has 23 heavy (non-hydrogen) atoms. The molecule has 3 rings (SSSR count). The number of halogens is 1. The zero-order valence-electron chi connectivity index (χ0n) is 13.1. The van der Waals surface area contributed by atoms with Gasteiger partial charge in [0.15, 0.2) is 0 Å². The molecular formula is C19H20ClNO2. The summed E-state index contributed by atoms with van der Waals surface area (Å²) in [6.07, 6.45) is 1.16. The van der Waals surface area contributed by atoms with E-state index in [1.165, 1.54) is 11.1 Å². The molecule has 1 aliphatic heterocycles. The lowest BCUT2D eigenvalue weighted by Gasteiger charge is -2.21. The monoisotopic (exact) mass is 329 g/mol. The fourth-order valence-corrected chi connectivity index (χ4v) is 3.35. The minimum atomic E-state index is -0.139. The molecule has 0 aromatic heterocycles. The lowest BCUT2D eigenvalue weighted by atomic mass is 9.86. The summed E-state index contributed by atoms with van der Waals surface area (Å²) in [4.78, 5) is 11.7. The van der Waals surface area contributed by atoms with Gasteiger partial charge in [-0.2, -0.15) is 0 Å². The van der Waals surface area contributed by atoms with E-state index in [1.54, 1.807) is 0 Å². The Labute approximate surface area is 141 Å². The maximum absolute atomic E-state index is 11.7. The Balaban J connectivity index is 1.84. The number of rotatable bonds is 5. The van der Waals surface area contributed by atoms with Crippen LogP contribution in [0.5, 0.6) is 0 Å². The van der Waals surface area contributed by atoms with Crippen molar-refractivity contribution < 1.29 is 9.53 Å². The Kier molecular flexibility index (Phi) is 4.87.